The molecule has 2 nitrogen and oxygen atoms in total. The fourth-order valence-electron chi connectivity index (χ4n) is 3.62. The molecule has 3 heteroatoms. The molecule has 0 amide bonds. The normalized spacial score (nSPS) is 27.6. The smallest absolute Gasteiger partial charge is 0.0385 e. The second-order valence-electron chi connectivity index (χ2n) is 6.87. The van der Waals surface area contributed by atoms with Crippen molar-refractivity contribution >= 4 is 15.9 Å². The van der Waals surface area contributed by atoms with E-state index >= 15 is 0 Å². The monoisotopic (exact) mass is 350 g/mol. The van der Waals surface area contributed by atoms with Crippen LogP contribution < -0.4 is 5.32 Å². The van der Waals surface area contributed by atoms with Gasteiger partial charge in [0.2, 0.25) is 0 Å². The number of rotatable bonds is 4. The van der Waals surface area contributed by atoms with Crippen LogP contribution in [0.1, 0.15) is 49.3 Å². The maximum absolute atomic E-state index is 3.76. The Morgan fingerprint density at radius 3 is 2.76 bits per heavy atom. The molecular weight excluding hydrogens is 324 g/mol. The molecule has 1 aromatic rings. The minimum absolute atomic E-state index is 0.561. The van der Waals surface area contributed by atoms with E-state index in [1.165, 1.54) is 60.8 Å². The van der Waals surface area contributed by atoms with E-state index in [2.05, 4.69) is 58.3 Å². The molecule has 1 aliphatic carbocycles. The summed E-state index contributed by atoms with van der Waals surface area (Å²) in [7, 11) is 2.30. The predicted octanol–water partition coefficient (Wildman–Crippen LogP) is 4.28. The van der Waals surface area contributed by atoms with E-state index in [1.54, 1.807) is 0 Å². The Morgan fingerprint density at radius 1 is 1.24 bits per heavy atom. The number of halogens is 1. The van der Waals surface area contributed by atoms with Crippen LogP contribution >= 0.6 is 15.9 Å². The number of benzene rings is 1. The summed E-state index contributed by atoms with van der Waals surface area (Å²) < 4.78 is 1.22. The van der Waals surface area contributed by atoms with Gasteiger partial charge in [-0.15, -0.1) is 0 Å². The molecule has 1 saturated carbocycles. The van der Waals surface area contributed by atoms with E-state index in [0.29, 0.717) is 6.04 Å². The Labute approximate surface area is 137 Å². The van der Waals surface area contributed by atoms with Crippen molar-refractivity contribution in [2.45, 2.75) is 51.1 Å². The summed E-state index contributed by atoms with van der Waals surface area (Å²) in [4.78, 5) is 2.58. The van der Waals surface area contributed by atoms with E-state index in [0.717, 1.165) is 12.0 Å². The van der Waals surface area contributed by atoms with Crippen LogP contribution in [0.2, 0.25) is 0 Å². The lowest BCUT2D eigenvalue weighted by Gasteiger charge is -2.33. The second-order valence-corrected chi connectivity index (χ2v) is 7.73. The summed E-state index contributed by atoms with van der Waals surface area (Å²) in [5.74, 6) is 0.735. The number of likely N-dealkylation sites (tertiary alicyclic amines) is 1. The van der Waals surface area contributed by atoms with Crippen molar-refractivity contribution in [3.05, 3.63) is 33.8 Å². The lowest BCUT2D eigenvalue weighted by atomic mass is 9.88. The highest BCUT2D eigenvalue weighted by atomic mass is 79.9. The van der Waals surface area contributed by atoms with Gasteiger partial charge in [-0.25, -0.2) is 0 Å². The predicted molar refractivity (Wildman–Crippen MR) is 92.6 cm³/mol. The van der Waals surface area contributed by atoms with Gasteiger partial charge in [-0.3, -0.25) is 4.90 Å². The van der Waals surface area contributed by atoms with Gasteiger partial charge in [0, 0.05) is 23.1 Å². The third kappa shape index (κ3) is 3.88. The third-order valence-corrected chi connectivity index (χ3v) is 5.92. The standard InChI is InChI=1S/C18H27BrN2/c1-13-11-14(6-9-17(13)19)18-15(12-20-16-7-8-16)5-3-4-10-21(18)2/h6,9,11,15-16,18,20H,3-5,7-8,10,12H2,1-2H3. The van der Waals surface area contributed by atoms with Crippen molar-refractivity contribution in [1.29, 1.82) is 0 Å². The zero-order chi connectivity index (χ0) is 14.8. The first-order chi connectivity index (χ1) is 10.1. The van der Waals surface area contributed by atoms with Crippen LogP contribution in [0.4, 0.5) is 0 Å². The van der Waals surface area contributed by atoms with Gasteiger partial charge in [-0.1, -0.05) is 34.5 Å². The zero-order valence-corrected chi connectivity index (χ0v) is 14.8. The third-order valence-electron chi connectivity index (χ3n) is 5.03. The number of nitrogens with zero attached hydrogens (tertiary/aromatic N) is 1. The molecule has 116 valence electrons. The molecular formula is C18H27BrN2. The molecule has 3 rings (SSSR count). The van der Waals surface area contributed by atoms with Gasteiger partial charge in [0.1, 0.15) is 0 Å². The first-order valence-corrected chi connectivity index (χ1v) is 9.14. The molecule has 1 aliphatic heterocycles. The summed E-state index contributed by atoms with van der Waals surface area (Å²) in [5.41, 5.74) is 2.83. The molecule has 1 aromatic carbocycles. The molecule has 0 spiro atoms. The van der Waals surface area contributed by atoms with Crippen molar-refractivity contribution in [3.8, 4) is 0 Å². The number of aryl methyl sites for hydroxylation is 1. The fourth-order valence-corrected chi connectivity index (χ4v) is 3.87. The molecule has 21 heavy (non-hydrogen) atoms. The number of hydrogen-bond acceptors (Lipinski definition) is 2. The van der Waals surface area contributed by atoms with Gasteiger partial charge >= 0.3 is 0 Å². The molecule has 1 N–H and O–H groups in total. The van der Waals surface area contributed by atoms with Crippen molar-refractivity contribution in [3.63, 3.8) is 0 Å². The summed E-state index contributed by atoms with van der Waals surface area (Å²) in [6, 6.07) is 8.28. The summed E-state index contributed by atoms with van der Waals surface area (Å²) in [5, 5.41) is 3.76. The van der Waals surface area contributed by atoms with Crippen molar-refractivity contribution in [2.75, 3.05) is 20.1 Å². The topological polar surface area (TPSA) is 15.3 Å². The second kappa shape index (κ2) is 6.80. The van der Waals surface area contributed by atoms with Gasteiger partial charge in [-0.05, 0) is 69.3 Å². The summed E-state index contributed by atoms with van der Waals surface area (Å²) >= 11 is 3.63. The molecule has 1 heterocycles. The highest BCUT2D eigenvalue weighted by Gasteiger charge is 2.31. The largest absolute Gasteiger partial charge is 0.314 e. The van der Waals surface area contributed by atoms with Gasteiger partial charge < -0.3 is 5.32 Å². The van der Waals surface area contributed by atoms with Gasteiger partial charge in [0.25, 0.3) is 0 Å². The van der Waals surface area contributed by atoms with Crippen LogP contribution in [0.15, 0.2) is 22.7 Å². The molecule has 2 atom stereocenters. The van der Waals surface area contributed by atoms with Crippen molar-refractivity contribution in [1.82, 2.24) is 10.2 Å². The molecule has 0 aromatic heterocycles. The Balaban J connectivity index is 1.81. The Kier molecular flexibility index (Phi) is 5.03. The first kappa shape index (κ1) is 15.5. The minimum atomic E-state index is 0.561. The van der Waals surface area contributed by atoms with Crippen LogP contribution in [-0.2, 0) is 0 Å². The lowest BCUT2D eigenvalue weighted by molar-refractivity contribution is 0.188. The highest BCUT2D eigenvalue weighted by molar-refractivity contribution is 9.10. The van der Waals surface area contributed by atoms with Gasteiger partial charge in [0.05, 0.1) is 0 Å². The fraction of sp³-hybridized carbons (Fsp3) is 0.667. The molecule has 2 unspecified atom stereocenters. The molecule has 1 saturated heterocycles. The molecule has 0 bridgehead atoms. The van der Waals surface area contributed by atoms with E-state index in [-0.39, 0.29) is 0 Å². The Bertz CT molecular complexity index is 484. The van der Waals surface area contributed by atoms with Crippen LogP contribution in [0.25, 0.3) is 0 Å². The Hall–Kier alpha value is -0.380. The molecule has 2 aliphatic rings. The van der Waals surface area contributed by atoms with Crippen molar-refractivity contribution in [2.24, 2.45) is 5.92 Å². The average Bonchev–Trinajstić information content (AvgIpc) is 3.28. The van der Waals surface area contributed by atoms with Gasteiger partial charge in [-0.2, -0.15) is 0 Å². The maximum atomic E-state index is 3.76. The van der Waals surface area contributed by atoms with Crippen LogP contribution in [0.5, 0.6) is 0 Å². The van der Waals surface area contributed by atoms with E-state index in [4.69, 9.17) is 0 Å². The van der Waals surface area contributed by atoms with Gasteiger partial charge in [0.15, 0.2) is 0 Å². The lowest BCUT2D eigenvalue weighted by Crippen LogP contribution is -2.35. The molecule has 0 radical (unpaired) electrons. The average molecular weight is 351 g/mol. The number of nitrogens with one attached hydrogen (secondary N) is 1. The van der Waals surface area contributed by atoms with Crippen molar-refractivity contribution < 1.29 is 0 Å². The van der Waals surface area contributed by atoms with Crippen LogP contribution in [0.3, 0.4) is 0 Å². The highest BCUT2D eigenvalue weighted by Crippen LogP contribution is 2.35. The van der Waals surface area contributed by atoms with E-state index in [9.17, 15) is 0 Å². The quantitative estimate of drug-likeness (QED) is 0.871. The maximum Gasteiger partial charge on any atom is 0.0385 e. The first-order valence-electron chi connectivity index (χ1n) is 8.35. The van der Waals surface area contributed by atoms with Crippen LogP contribution in [0, 0.1) is 12.8 Å². The SMILES string of the molecule is Cc1cc(C2C(CNC3CC3)CCCCN2C)ccc1Br. The summed E-state index contributed by atoms with van der Waals surface area (Å²) in [6.45, 7) is 4.59. The van der Waals surface area contributed by atoms with Crippen LogP contribution in [-0.4, -0.2) is 31.1 Å². The van der Waals surface area contributed by atoms with E-state index < -0.39 is 0 Å². The number of hydrogen-bond donors (Lipinski definition) is 1. The zero-order valence-electron chi connectivity index (χ0n) is 13.2. The summed E-state index contributed by atoms with van der Waals surface area (Å²) in [6.07, 6.45) is 6.81. The Morgan fingerprint density at radius 2 is 2.05 bits per heavy atom. The minimum Gasteiger partial charge on any atom is -0.314 e. The molecule has 2 fully saturated rings. The van der Waals surface area contributed by atoms with E-state index in [1.807, 2.05) is 0 Å².